The largest absolute Gasteiger partial charge is 0.365 e. The second-order valence-electron chi connectivity index (χ2n) is 7.00. The minimum absolute atomic E-state index is 0.0613. The van der Waals surface area contributed by atoms with E-state index in [1.807, 2.05) is 37.3 Å². The maximum absolute atomic E-state index is 12.6. The molecule has 144 valence electrons. The highest BCUT2D eigenvalue weighted by Gasteiger charge is 2.27. The fraction of sp³-hybridized carbons (Fsp3) is 0.318. The highest BCUT2D eigenvalue weighted by Crippen LogP contribution is 2.28. The molecule has 1 unspecified atom stereocenters. The van der Waals surface area contributed by atoms with E-state index in [4.69, 9.17) is 4.74 Å². The molecule has 1 saturated heterocycles. The molecule has 1 aliphatic heterocycles. The van der Waals surface area contributed by atoms with Crippen molar-refractivity contribution in [3.05, 3.63) is 66.1 Å². The third kappa shape index (κ3) is 4.12. The van der Waals surface area contributed by atoms with Crippen LogP contribution in [0.25, 0.3) is 10.9 Å². The number of hydrogen-bond acceptors (Lipinski definition) is 5. The van der Waals surface area contributed by atoms with E-state index in [-0.39, 0.29) is 5.91 Å². The number of para-hydroxylation sites is 1. The lowest BCUT2D eigenvalue weighted by atomic mass is 10.1. The molecule has 3 aromatic rings. The molecule has 0 saturated carbocycles. The number of nitrogens with zero attached hydrogens (tertiary/aromatic N) is 3. The van der Waals surface area contributed by atoms with E-state index in [0.29, 0.717) is 19.7 Å². The molecule has 1 fully saturated rings. The normalized spacial score (nSPS) is 16.9. The number of hydrogen-bond donors (Lipinski definition) is 1. The minimum atomic E-state index is -0.474. The molecular formula is C22H24N4O2. The van der Waals surface area contributed by atoms with E-state index in [2.05, 4.69) is 32.3 Å². The molecule has 6 nitrogen and oxygen atoms in total. The van der Waals surface area contributed by atoms with Gasteiger partial charge >= 0.3 is 0 Å². The molecule has 2 aromatic heterocycles. The number of ether oxygens (including phenoxy) is 1. The van der Waals surface area contributed by atoms with Crippen LogP contribution in [0.1, 0.15) is 11.3 Å². The van der Waals surface area contributed by atoms with Gasteiger partial charge in [0.05, 0.1) is 18.7 Å². The van der Waals surface area contributed by atoms with Crippen LogP contribution in [0.3, 0.4) is 0 Å². The first-order valence-corrected chi connectivity index (χ1v) is 9.60. The number of nitrogens with one attached hydrogen (secondary N) is 1. The van der Waals surface area contributed by atoms with E-state index in [9.17, 15) is 4.79 Å². The Morgan fingerprint density at radius 1 is 1.25 bits per heavy atom. The second kappa shape index (κ2) is 8.35. The van der Waals surface area contributed by atoms with Crippen molar-refractivity contribution in [1.82, 2.24) is 15.3 Å². The molecule has 0 radical (unpaired) electrons. The maximum atomic E-state index is 12.6. The molecule has 28 heavy (non-hydrogen) atoms. The van der Waals surface area contributed by atoms with Gasteiger partial charge in [-0.2, -0.15) is 0 Å². The number of carbonyl (C=O) groups is 1. The van der Waals surface area contributed by atoms with Crippen LogP contribution in [-0.4, -0.2) is 48.2 Å². The van der Waals surface area contributed by atoms with Crippen molar-refractivity contribution in [2.75, 3.05) is 31.1 Å². The fourth-order valence-corrected chi connectivity index (χ4v) is 3.57. The summed E-state index contributed by atoms with van der Waals surface area (Å²) in [5.74, 6) is -0.0613. The Labute approximate surface area is 164 Å². The summed E-state index contributed by atoms with van der Waals surface area (Å²) in [6.07, 6.45) is 3.83. The highest BCUT2D eigenvalue weighted by atomic mass is 16.5. The SMILES string of the molecule is Cc1cc(N2CCOC(C(=O)NCCc3ccncc3)C2)c2ccccc2n1. The summed E-state index contributed by atoms with van der Waals surface area (Å²) < 4.78 is 5.76. The van der Waals surface area contributed by atoms with Gasteiger partial charge in [-0.1, -0.05) is 18.2 Å². The summed E-state index contributed by atoms with van der Waals surface area (Å²) in [6.45, 7) is 4.40. The van der Waals surface area contributed by atoms with Crippen LogP contribution in [0.2, 0.25) is 0 Å². The van der Waals surface area contributed by atoms with Crippen LogP contribution in [-0.2, 0) is 16.0 Å². The molecule has 0 spiro atoms. The molecule has 6 heteroatoms. The number of carbonyl (C=O) groups excluding carboxylic acids is 1. The summed E-state index contributed by atoms with van der Waals surface area (Å²) in [7, 11) is 0. The summed E-state index contributed by atoms with van der Waals surface area (Å²) in [5.41, 5.74) is 4.21. The summed E-state index contributed by atoms with van der Waals surface area (Å²) in [4.78, 5) is 23.5. The molecule has 1 N–H and O–H groups in total. The number of amides is 1. The van der Waals surface area contributed by atoms with Crippen LogP contribution >= 0.6 is 0 Å². The zero-order valence-electron chi connectivity index (χ0n) is 16.0. The number of morpholine rings is 1. The Kier molecular flexibility index (Phi) is 5.48. The van der Waals surface area contributed by atoms with Gasteiger partial charge in [0.15, 0.2) is 6.10 Å². The third-order valence-electron chi connectivity index (χ3n) is 4.98. The molecule has 1 aliphatic rings. The van der Waals surface area contributed by atoms with E-state index in [0.717, 1.165) is 40.8 Å². The molecule has 0 aliphatic carbocycles. The van der Waals surface area contributed by atoms with Crippen LogP contribution in [0, 0.1) is 6.92 Å². The topological polar surface area (TPSA) is 67.3 Å². The van der Waals surface area contributed by atoms with E-state index < -0.39 is 6.10 Å². The summed E-state index contributed by atoms with van der Waals surface area (Å²) >= 11 is 0. The lowest BCUT2D eigenvalue weighted by Crippen LogP contribution is -2.50. The number of pyridine rings is 2. The Morgan fingerprint density at radius 2 is 2.07 bits per heavy atom. The number of aryl methyl sites for hydroxylation is 1. The predicted molar refractivity (Wildman–Crippen MR) is 109 cm³/mol. The summed E-state index contributed by atoms with van der Waals surface area (Å²) in [5, 5.41) is 4.10. The van der Waals surface area contributed by atoms with Crippen molar-refractivity contribution in [3.63, 3.8) is 0 Å². The van der Waals surface area contributed by atoms with Gasteiger partial charge in [0, 0.05) is 42.3 Å². The maximum Gasteiger partial charge on any atom is 0.250 e. The van der Waals surface area contributed by atoms with Gasteiger partial charge in [0.1, 0.15) is 0 Å². The average Bonchev–Trinajstić information content (AvgIpc) is 2.74. The smallest absolute Gasteiger partial charge is 0.250 e. The van der Waals surface area contributed by atoms with Crippen molar-refractivity contribution in [3.8, 4) is 0 Å². The number of aromatic nitrogens is 2. The van der Waals surface area contributed by atoms with Crippen molar-refractivity contribution < 1.29 is 9.53 Å². The molecule has 1 amide bonds. The molecular weight excluding hydrogens is 352 g/mol. The summed E-state index contributed by atoms with van der Waals surface area (Å²) in [6, 6.07) is 14.1. The van der Waals surface area contributed by atoms with Crippen molar-refractivity contribution in [1.29, 1.82) is 0 Å². The molecule has 1 atom stereocenters. The van der Waals surface area contributed by atoms with Gasteiger partial charge in [0.2, 0.25) is 0 Å². The fourth-order valence-electron chi connectivity index (χ4n) is 3.57. The molecule has 0 bridgehead atoms. The Hall–Kier alpha value is -2.99. The first-order chi connectivity index (χ1) is 13.7. The number of anilines is 1. The van der Waals surface area contributed by atoms with Gasteiger partial charge < -0.3 is 15.0 Å². The van der Waals surface area contributed by atoms with Crippen molar-refractivity contribution in [2.45, 2.75) is 19.4 Å². The van der Waals surface area contributed by atoms with Gasteiger partial charge in [-0.3, -0.25) is 14.8 Å². The molecule has 4 rings (SSSR count). The molecule has 3 heterocycles. The van der Waals surface area contributed by atoms with E-state index in [1.54, 1.807) is 12.4 Å². The van der Waals surface area contributed by atoms with Crippen LogP contribution in [0.5, 0.6) is 0 Å². The van der Waals surface area contributed by atoms with Gasteiger partial charge in [-0.25, -0.2) is 0 Å². The van der Waals surface area contributed by atoms with E-state index >= 15 is 0 Å². The second-order valence-corrected chi connectivity index (χ2v) is 7.00. The first-order valence-electron chi connectivity index (χ1n) is 9.60. The lowest BCUT2D eigenvalue weighted by molar-refractivity contribution is -0.133. The van der Waals surface area contributed by atoms with Gasteiger partial charge in [-0.05, 0) is 43.2 Å². The third-order valence-corrected chi connectivity index (χ3v) is 4.98. The van der Waals surface area contributed by atoms with Crippen molar-refractivity contribution in [2.24, 2.45) is 0 Å². The first kappa shape index (κ1) is 18.4. The molecule has 1 aromatic carbocycles. The zero-order chi connectivity index (χ0) is 19.3. The van der Waals surface area contributed by atoms with Gasteiger partial charge in [0.25, 0.3) is 5.91 Å². The van der Waals surface area contributed by atoms with Gasteiger partial charge in [-0.15, -0.1) is 0 Å². The predicted octanol–water partition coefficient (Wildman–Crippen LogP) is 2.50. The Morgan fingerprint density at radius 3 is 2.93 bits per heavy atom. The van der Waals surface area contributed by atoms with Crippen molar-refractivity contribution >= 4 is 22.5 Å². The Bertz CT molecular complexity index is 961. The lowest BCUT2D eigenvalue weighted by Gasteiger charge is -2.34. The van der Waals surface area contributed by atoms with Crippen LogP contribution in [0.15, 0.2) is 54.9 Å². The average molecular weight is 376 g/mol. The minimum Gasteiger partial charge on any atom is -0.365 e. The van der Waals surface area contributed by atoms with E-state index in [1.165, 1.54) is 0 Å². The zero-order valence-corrected chi connectivity index (χ0v) is 16.0. The van der Waals surface area contributed by atoms with Crippen LogP contribution < -0.4 is 10.2 Å². The van der Waals surface area contributed by atoms with Crippen LogP contribution in [0.4, 0.5) is 5.69 Å². The highest BCUT2D eigenvalue weighted by molar-refractivity contribution is 5.92. The monoisotopic (exact) mass is 376 g/mol. The Balaban J connectivity index is 1.42. The number of fused-ring (bicyclic) bond motifs is 1. The number of benzene rings is 1. The number of rotatable bonds is 5. The standard InChI is InChI=1S/C22H24N4O2/c1-16-14-20(18-4-2-3-5-19(18)25-16)26-12-13-28-21(15-26)22(27)24-11-8-17-6-9-23-10-7-17/h2-7,9-10,14,21H,8,11-13,15H2,1H3,(H,24,27). The quantitative estimate of drug-likeness (QED) is 0.741.